The molecular weight excluding hydrogens is 424 g/mol. The number of benzene rings is 4. The normalized spacial score (nSPS) is 13.9. The molecule has 4 rings (SSSR count). The van der Waals surface area contributed by atoms with Crippen LogP contribution in [-0.2, 0) is 15.6 Å². The Morgan fingerprint density at radius 3 is 1.03 bits per heavy atom. The predicted octanol–water partition coefficient (Wildman–Crippen LogP) is 9.18. The lowest BCUT2D eigenvalue weighted by Gasteiger charge is -2.27. The van der Waals surface area contributed by atoms with Gasteiger partial charge in [-0.15, -0.1) is 0 Å². The van der Waals surface area contributed by atoms with Crippen molar-refractivity contribution >= 4 is 0 Å². The molecule has 1 heteroatoms. The molecule has 1 nitrogen and oxygen atoms in total. The van der Waals surface area contributed by atoms with Gasteiger partial charge in [-0.2, -0.15) is 0 Å². The Labute approximate surface area is 211 Å². The van der Waals surface area contributed by atoms with Gasteiger partial charge in [0.25, 0.3) is 0 Å². The van der Waals surface area contributed by atoms with Crippen LogP contribution in [0.15, 0.2) is 109 Å². The highest BCUT2D eigenvalue weighted by molar-refractivity contribution is 5.40. The zero-order valence-electron chi connectivity index (χ0n) is 22.0. The van der Waals surface area contributed by atoms with E-state index < -0.39 is 0 Å². The largest absolute Gasteiger partial charge is 0.366 e. The van der Waals surface area contributed by atoms with Crippen molar-refractivity contribution < 1.29 is 4.74 Å². The van der Waals surface area contributed by atoms with Crippen molar-refractivity contribution in [1.82, 2.24) is 0 Å². The Morgan fingerprint density at radius 2 is 0.714 bits per heavy atom. The van der Waals surface area contributed by atoms with Crippen LogP contribution in [0.5, 0.6) is 0 Å². The van der Waals surface area contributed by atoms with E-state index in [0.29, 0.717) is 0 Å². The number of ether oxygens (including phenoxy) is 1. The van der Waals surface area contributed by atoms with E-state index in [4.69, 9.17) is 4.74 Å². The van der Waals surface area contributed by atoms with Crippen molar-refractivity contribution in [2.24, 2.45) is 0 Å². The van der Waals surface area contributed by atoms with Crippen LogP contribution < -0.4 is 0 Å². The van der Waals surface area contributed by atoms with Gasteiger partial charge in [0, 0.05) is 10.8 Å². The van der Waals surface area contributed by atoms with Crippen LogP contribution in [0.2, 0.25) is 0 Å². The lowest BCUT2D eigenvalue weighted by Crippen LogP contribution is -2.19. The Bertz CT molecular complexity index is 1100. The van der Waals surface area contributed by atoms with Crippen LogP contribution in [0, 0.1) is 0 Å². The van der Waals surface area contributed by atoms with Crippen molar-refractivity contribution in [3.05, 3.63) is 143 Å². The molecule has 0 saturated heterocycles. The number of rotatable bonds is 8. The van der Waals surface area contributed by atoms with Gasteiger partial charge in [0.05, 0.1) is 12.2 Å². The topological polar surface area (TPSA) is 9.23 Å². The molecule has 0 aliphatic carbocycles. The van der Waals surface area contributed by atoms with Gasteiger partial charge in [0.2, 0.25) is 0 Å². The lowest BCUT2D eigenvalue weighted by molar-refractivity contribution is 0.00583. The molecule has 2 atom stereocenters. The minimum atomic E-state index is -0.0353. The highest BCUT2D eigenvalue weighted by Crippen LogP contribution is 2.35. The summed E-state index contributed by atoms with van der Waals surface area (Å²) in [5.74, 6) is 0. The molecule has 0 bridgehead atoms. The van der Waals surface area contributed by atoms with Gasteiger partial charge in [-0.3, -0.25) is 0 Å². The molecule has 0 heterocycles. The molecule has 0 aliphatic heterocycles. The molecule has 0 aromatic heterocycles. The summed E-state index contributed by atoms with van der Waals surface area (Å²) < 4.78 is 6.44. The van der Waals surface area contributed by atoms with E-state index in [-0.39, 0.29) is 23.0 Å². The van der Waals surface area contributed by atoms with Gasteiger partial charge in [-0.1, -0.05) is 137 Å². The fraction of sp³-hybridized carbons (Fsp3) is 0.294. The van der Waals surface area contributed by atoms with E-state index in [1.165, 1.54) is 33.4 Å². The van der Waals surface area contributed by atoms with Crippen molar-refractivity contribution in [2.75, 3.05) is 0 Å². The summed E-state index contributed by atoms with van der Waals surface area (Å²) in [6.45, 7) is 13.4. The zero-order valence-corrected chi connectivity index (χ0v) is 22.0. The van der Waals surface area contributed by atoms with Gasteiger partial charge in [0.15, 0.2) is 0 Å². The van der Waals surface area contributed by atoms with Crippen molar-refractivity contribution in [3.63, 3.8) is 0 Å². The molecule has 0 saturated carbocycles. The summed E-state index contributed by atoms with van der Waals surface area (Å²) >= 11 is 0. The first-order valence-electron chi connectivity index (χ1n) is 12.7. The Balaban J connectivity index is 1.43. The fourth-order valence-corrected chi connectivity index (χ4v) is 4.85. The molecule has 0 amide bonds. The third kappa shape index (κ3) is 5.41. The highest BCUT2D eigenvalue weighted by atomic mass is 16.5. The van der Waals surface area contributed by atoms with Crippen molar-refractivity contribution in [2.45, 2.75) is 64.6 Å². The average Bonchev–Trinajstić information content (AvgIpc) is 2.89. The number of hydrogen-bond acceptors (Lipinski definition) is 1. The average molecular weight is 463 g/mol. The summed E-state index contributed by atoms with van der Waals surface area (Å²) in [5, 5.41) is 0. The van der Waals surface area contributed by atoms with E-state index in [2.05, 4.69) is 151 Å². The van der Waals surface area contributed by atoms with Crippen LogP contribution in [0.25, 0.3) is 0 Å². The van der Waals surface area contributed by atoms with E-state index in [1.54, 1.807) is 0 Å². The molecule has 0 fully saturated rings. The standard InChI is InChI=1S/C34H38O/c1-25(27-17-21-31(22-18-27)33(3,4)29-13-9-7-10-14-29)35-26(2)28-19-23-32(24-20-28)34(5,6)30-15-11-8-12-16-30/h7-26H,1-6H3. The summed E-state index contributed by atoms with van der Waals surface area (Å²) in [5.41, 5.74) is 7.60. The first-order valence-corrected chi connectivity index (χ1v) is 12.7. The van der Waals surface area contributed by atoms with E-state index in [9.17, 15) is 0 Å². The van der Waals surface area contributed by atoms with E-state index >= 15 is 0 Å². The molecule has 0 N–H and O–H groups in total. The second-order valence-corrected chi connectivity index (χ2v) is 10.6. The quantitative estimate of drug-likeness (QED) is 0.254. The maximum absolute atomic E-state index is 6.44. The maximum atomic E-state index is 6.44. The molecule has 4 aromatic carbocycles. The summed E-state index contributed by atoms with van der Waals surface area (Å²) in [4.78, 5) is 0. The Hall–Kier alpha value is -3.16. The molecule has 0 aliphatic rings. The monoisotopic (exact) mass is 462 g/mol. The SMILES string of the molecule is CC(OC(C)c1ccc(C(C)(C)c2ccccc2)cc1)c1ccc(C(C)(C)c2ccccc2)cc1. The third-order valence-electron chi connectivity index (χ3n) is 7.60. The third-order valence-corrected chi connectivity index (χ3v) is 7.60. The van der Waals surface area contributed by atoms with Crippen molar-refractivity contribution in [1.29, 1.82) is 0 Å². The molecular formula is C34H38O. The first-order chi connectivity index (χ1) is 16.7. The fourth-order valence-electron chi connectivity index (χ4n) is 4.85. The van der Waals surface area contributed by atoms with E-state index in [0.717, 1.165) is 0 Å². The van der Waals surface area contributed by atoms with Crippen LogP contribution in [-0.4, -0.2) is 0 Å². The van der Waals surface area contributed by atoms with Gasteiger partial charge in [-0.25, -0.2) is 0 Å². The molecule has 180 valence electrons. The summed E-state index contributed by atoms with van der Waals surface area (Å²) in [6.07, 6.45) is 0.0265. The van der Waals surface area contributed by atoms with Crippen LogP contribution in [0.3, 0.4) is 0 Å². The summed E-state index contributed by atoms with van der Waals surface area (Å²) in [6, 6.07) is 39.2. The first kappa shape index (κ1) is 24.9. The molecule has 4 aromatic rings. The highest BCUT2D eigenvalue weighted by Gasteiger charge is 2.24. The van der Waals surface area contributed by atoms with Gasteiger partial charge >= 0.3 is 0 Å². The Morgan fingerprint density at radius 1 is 0.429 bits per heavy atom. The lowest BCUT2D eigenvalue weighted by atomic mass is 9.78. The van der Waals surface area contributed by atoms with Gasteiger partial charge in [0.1, 0.15) is 0 Å². The van der Waals surface area contributed by atoms with Crippen molar-refractivity contribution in [3.8, 4) is 0 Å². The zero-order chi connectivity index (χ0) is 25.1. The number of hydrogen-bond donors (Lipinski definition) is 0. The van der Waals surface area contributed by atoms with E-state index in [1.807, 2.05) is 0 Å². The molecule has 35 heavy (non-hydrogen) atoms. The minimum Gasteiger partial charge on any atom is -0.366 e. The summed E-state index contributed by atoms with van der Waals surface area (Å²) in [7, 11) is 0. The second kappa shape index (κ2) is 10.2. The molecule has 0 spiro atoms. The molecule has 2 unspecified atom stereocenters. The minimum absolute atomic E-state index is 0.0133. The predicted molar refractivity (Wildman–Crippen MR) is 148 cm³/mol. The van der Waals surface area contributed by atoms with Crippen LogP contribution >= 0.6 is 0 Å². The van der Waals surface area contributed by atoms with Gasteiger partial charge in [-0.05, 0) is 47.2 Å². The molecule has 0 radical (unpaired) electrons. The second-order valence-electron chi connectivity index (χ2n) is 10.6. The Kier molecular flexibility index (Phi) is 7.28. The van der Waals surface area contributed by atoms with Crippen LogP contribution in [0.4, 0.5) is 0 Å². The smallest absolute Gasteiger partial charge is 0.0805 e. The van der Waals surface area contributed by atoms with Gasteiger partial charge < -0.3 is 4.74 Å². The van der Waals surface area contributed by atoms with Crippen LogP contribution in [0.1, 0.15) is 87.1 Å². The maximum Gasteiger partial charge on any atom is 0.0805 e.